The maximum Gasteiger partial charge on any atom is 0.308 e. The van der Waals surface area contributed by atoms with Crippen molar-refractivity contribution in [2.24, 2.45) is 5.92 Å². The third kappa shape index (κ3) is 3.56. The van der Waals surface area contributed by atoms with Gasteiger partial charge in [0.05, 0.1) is 12.3 Å². The molecule has 1 aliphatic rings. The van der Waals surface area contributed by atoms with Gasteiger partial charge in [0.15, 0.2) is 0 Å². The summed E-state index contributed by atoms with van der Waals surface area (Å²) in [4.78, 5) is 24.7. The van der Waals surface area contributed by atoms with Crippen molar-refractivity contribution < 1.29 is 19.1 Å². The number of carbonyl (C=O) groups excluding carboxylic acids is 1. The molecule has 1 saturated heterocycles. The van der Waals surface area contributed by atoms with Crippen molar-refractivity contribution in [3.8, 4) is 0 Å². The van der Waals surface area contributed by atoms with Gasteiger partial charge in [0, 0.05) is 17.6 Å². The highest BCUT2D eigenvalue weighted by Crippen LogP contribution is 2.21. The number of carbonyl (C=O) groups is 2. The third-order valence-electron chi connectivity index (χ3n) is 3.47. The quantitative estimate of drug-likeness (QED) is 0.916. The van der Waals surface area contributed by atoms with E-state index >= 15 is 0 Å². The minimum atomic E-state index is -0.866. The van der Waals surface area contributed by atoms with Gasteiger partial charge in [0.25, 0.3) is 0 Å². The average molecular weight is 344 g/mol. The second-order valence-corrected chi connectivity index (χ2v) is 5.78. The number of nitrogens with zero attached hydrogens (tertiary/aromatic N) is 1. The summed E-state index contributed by atoms with van der Waals surface area (Å²) in [6, 6.07) is 4.20. The maximum absolute atomic E-state index is 13.2. The van der Waals surface area contributed by atoms with E-state index in [2.05, 4.69) is 15.9 Å². The number of benzene rings is 1. The fourth-order valence-corrected chi connectivity index (χ4v) is 2.75. The molecule has 1 aromatic carbocycles. The molecule has 1 heterocycles. The standard InChI is InChI=1S/C14H15BrFNO3/c15-12-4-3-11(16)6-10(12)7-13(18)17-5-1-2-9(8-17)14(19)20/h3-4,6,9H,1-2,5,7-8H2,(H,19,20). The van der Waals surface area contributed by atoms with Crippen LogP contribution in [0.1, 0.15) is 18.4 Å². The van der Waals surface area contributed by atoms with Crippen LogP contribution in [0.5, 0.6) is 0 Å². The summed E-state index contributed by atoms with van der Waals surface area (Å²) in [6.45, 7) is 0.802. The molecule has 1 N–H and O–H groups in total. The van der Waals surface area contributed by atoms with E-state index in [0.717, 1.165) is 0 Å². The molecule has 108 valence electrons. The van der Waals surface area contributed by atoms with E-state index < -0.39 is 17.7 Å². The van der Waals surface area contributed by atoms with Crippen LogP contribution in [-0.2, 0) is 16.0 Å². The molecule has 20 heavy (non-hydrogen) atoms. The van der Waals surface area contributed by atoms with Gasteiger partial charge in [-0.2, -0.15) is 0 Å². The summed E-state index contributed by atoms with van der Waals surface area (Å²) in [5.74, 6) is -1.92. The molecule has 0 saturated carbocycles. The minimum absolute atomic E-state index is 0.0741. The molecular formula is C14H15BrFNO3. The van der Waals surface area contributed by atoms with E-state index in [1.54, 1.807) is 11.0 Å². The van der Waals surface area contributed by atoms with Gasteiger partial charge < -0.3 is 10.0 Å². The van der Waals surface area contributed by atoms with E-state index in [0.29, 0.717) is 29.4 Å². The van der Waals surface area contributed by atoms with E-state index in [4.69, 9.17) is 5.11 Å². The number of hydrogen-bond acceptors (Lipinski definition) is 2. The monoisotopic (exact) mass is 343 g/mol. The van der Waals surface area contributed by atoms with Crippen LogP contribution in [0, 0.1) is 11.7 Å². The second-order valence-electron chi connectivity index (χ2n) is 4.93. The van der Waals surface area contributed by atoms with Gasteiger partial charge in [-0.3, -0.25) is 9.59 Å². The summed E-state index contributed by atoms with van der Waals surface area (Å²) < 4.78 is 13.9. The van der Waals surface area contributed by atoms with E-state index in [9.17, 15) is 14.0 Å². The van der Waals surface area contributed by atoms with Crippen molar-refractivity contribution in [2.45, 2.75) is 19.3 Å². The maximum atomic E-state index is 13.2. The molecule has 1 fully saturated rings. The van der Waals surface area contributed by atoms with Gasteiger partial charge in [-0.1, -0.05) is 15.9 Å². The molecule has 1 unspecified atom stereocenters. The number of rotatable bonds is 3. The van der Waals surface area contributed by atoms with Crippen LogP contribution in [-0.4, -0.2) is 35.0 Å². The van der Waals surface area contributed by atoms with Gasteiger partial charge in [0.2, 0.25) is 5.91 Å². The minimum Gasteiger partial charge on any atom is -0.481 e. The molecule has 1 aromatic rings. The molecule has 0 aliphatic carbocycles. The van der Waals surface area contributed by atoms with Gasteiger partial charge in [-0.05, 0) is 36.6 Å². The molecule has 0 radical (unpaired) electrons. The number of amides is 1. The molecule has 0 spiro atoms. The predicted molar refractivity (Wildman–Crippen MR) is 74.7 cm³/mol. The molecule has 0 aromatic heterocycles. The highest BCUT2D eigenvalue weighted by Gasteiger charge is 2.28. The van der Waals surface area contributed by atoms with E-state index in [1.807, 2.05) is 0 Å². The molecule has 1 aliphatic heterocycles. The summed E-state index contributed by atoms with van der Waals surface area (Å²) >= 11 is 3.29. The SMILES string of the molecule is O=C(O)C1CCCN(C(=O)Cc2cc(F)ccc2Br)C1. The van der Waals surface area contributed by atoms with Gasteiger partial charge in [-0.15, -0.1) is 0 Å². The lowest BCUT2D eigenvalue weighted by molar-refractivity contribution is -0.145. The number of aliphatic carboxylic acids is 1. The van der Waals surface area contributed by atoms with Crippen LogP contribution >= 0.6 is 15.9 Å². The van der Waals surface area contributed by atoms with Gasteiger partial charge in [-0.25, -0.2) is 4.39 Å². The summed E-state index contributed by atoms with van der Waals surface area (Å²) in [5.41, 5.74) is 0.576. The first-order valence-corrected chi connectivity index (χ1v) is 7.21. The number of piperidine rings is 1. The molecule has 6 heteroatoms. The third-order valence-corrected chi connectivity index (χ3v) is 4.25. The normalized spacial score (nSPS) is 18.9. The van der Waals surface area contributed by atoms with E-state index in [1.165, 1.54) is 12.1 Å². The van der Waals surface area contributed by atoms with Crippen LogP contribution < -0.4 is 0 Å². The number of likely N-dealkylation sites (tertiary alicyclic amines) is 1. The first kappa shape index (κ1) is 15.0. The molecule has 4 nitrogen and oxygen atoms in total. The zero-order valence-corrected chi connectivity index (χ0v) is 12.4. The first-order valence-electron chi connectivity index (χ1n) is 6.42. The Hall–Kier alpha value is -1.43. The van der Waals surface area contributed by atoms with Crippen molar-refractivity contribution in [1.82, 2.24) is 4.90 Å². The molecular weight excluding hydrogens is 329 g/mol. The highest BCUT2D eigenvalue weighted by atomic mass is 79.9. The summed E-state index contributed by atoms with van der Waals surface area (Å²) in [5, 5.41) is 9.01. The van der Waals surface area contributed by atoms with Crippen LogP contribution in [0.3, 0.4) is 0 Å². The largest absolute Gasteiger partial charge is 0.481 e. The Kier molecular flexibility index (Phi) is 4.75. The van der Waals surface area contributed by atoms with Crippen molar-refractivity contribution >= 4 is 27.8 Å². The van der Waals surface area contributed by atoms with Crippen LogP contribution in [0.4, 0.5) is 4.39 Å². The van der Waals surface area contributed by atoms with Crippen molar-refractivity contribution in [2.75, 3.05) is 13.1 Å². The smallest absolute Gasteiger partial charge is 0.308 e. The lowest BCUT2D eigenvalue weighted by atomic mass is 9.97. The molecule has 1 atom stereocenters. The number of hydrogen-bond donors (Lipinski definition) is 1. The summed E-state index contributed by atoms with van der Waals surface area (Å²) in [7, 11) is 0. The zero-order chi connectivity index (χ0) is 14.7. The number of carboxylic acid groups (broad SMARTS) is 1. The zero-order valence-electron chi connectivity index (χ0n) is 10.8. The fourth-order valence-electron chi connectivity index (χ4n) is 2.36. The fraction of sp³-hybridized carbons (Fsp3) is 0.429. The Morgan fingerprint density at radius 2 is 2.20 bits per heavy atom. The topological polar surface area (TPSA) is 57.6 Å². The van der Waals surface area contributed by atoms with Crippen LogP contribution in [0.15, 0.2) is 22.7 Å². The Morgan fingerprint density at radius 3 is 2.90 bits per heavy atom. The Labute approximate surface area is 124 Å². The Bertz CT molecular complexity index is 535. The average Bonchev–Trinajstić information content (AvgIpc) is 2.43. The van der Waals surface area contributed by atoms with Crippen molar-refractivity contribution in [3.63, 3.8) is 0 Å². The van der Waals surface area contributed by atoms with Crippen LogP contribution in [0.2, 0.25) is 0 Å². The van der Waals surface area contributed by atoms with Crippen molar-refractivity contribution in [1.29, 1.82) is 0 Å². The van der Waals surface area contributed by atoms with Crippen LogP contribution in [0.25, 0.3) is 0 Å². The van der Waals surface area contributed by atoms with Crippen molar-refractivity contribution in [3.05, 3.63) is 34.1 Å². The highest BCUT2D eigenvalue weighted by molar-refractivity contribution is 9.10. The Morgan fingerprint density at radius 1 is 1.45 bits per heavy atom. The van der Waals surface area contributed by atoms with Gasteiger partial charge >= 0.3 is 5.97 Å². The number of halogens is 2. The van der Waals surface area contributed by atoms with E-state index in [-0.39, 0.29) is 18.9 Å². The predicted octanol–water partition coefficient (Wildman–Crippen LogP) is 2.45. The lowest BCUT2D eigenvalue weighted by Gasteiger charge is -2.30. The molecule has 2 rings (SSSR count). The second kappa shape index (κ2) is 6.35. The first-order chi connectivity index (χ1) is 9.47. The Balaban J connectivity index is 2.04. The molecule has 1 amide bonds. The molecule has 0 bridgehead atoms. The van der Waals surface area contributed by atoms with Gasteiger partial charge in [0.1, 0.15) is 5.82 Å². The lowest BCUT2D eigenvalue weighted by Crippen LogP contribution is -2.43. The number of carboxylic acids is 1. The summed E-state index contributed by atoms with van der Waals surface area (Å²) in [6.07, 6.45) is 1.36.